The monoisotopic (exact) mass is 487 g/mol. The van der Waals surface area contributed by atoms with Crippen LogP contribution in [-0.2, 0) is 14.3 Å². The van der Waals surface area contributed by atoms with E-state index in [1.54, 1.807) is 24.3 Å². The molecule has 0 aromatic heterocycles. The van der Waals surface area contributed by atoms with E-state index in [9.17, 15) is 19.2 Å². The van der Waals surface area contributed by atoms with Gasteiger partial charge in [0.2, 0.25) is 5.91 Å². The Morgan fingerprint density at radius 1 is 1.10 bits per heavy atom. The van der Waals surface area contributed by atoms with E-state index >= 15 is 0 Å². The Bertz CT molecular complexity index is 1020. The number of carbonyl (C=O) groups is 4. The standard InChI is InChI=1S/C22H22BrN3O5/c1-13(27)25-19-8-7-15(23)11-18(19)20(28)22(30)26-16-5-2-4-14(10-16)21(29)24-12-17-6-3-9-31-17/h2,4-5,7-8,10-11,17H,3,6,9,12H2,1H3,(H,24,29)(H,25,27)(H,26,30). The molecule has 3 N–H and O–H groups in total. The Kier molecular flexibility index (Phi) is 7.54. The van der Waals surface area contributed by atoms with Crippen LogP contribution in [0.5, 0.6) is 0 Å². The van der Waals surface area contributed by atoms with Gasteiger partial charge in [-0.1, -0.05) is 22.0 Å². The van der Waals surface area contributed by atoms with Crippen molar-refractivity contribution < 1.29 is 23.9 Å². The molecule has 8 nitrogen and oxygen atoms in total. The predicted molar refractivity (Wildman–Crippen MR) is 119 cm³/mol. The molecule has 2 aromatic carbocycles. The molecule has 1 aliphatic rings. The molecule has 0 spiro atoms. The van der Waals surface area contributed by atoms with Gasteiger partial charge >= 0.3 is 0 Å². The van der Waals surface area contributed by atoms with E-state index < -0.39 is 11.7 Å². The molecule has 1 saturated heterocycles. The van der Waals surface area contributed by atoms with Crippen LogP contribution in [0.4, 0.5) is 11.4 Å². The average molecular weight is 488 g/mol. The van der Waals surface area contributed by atoms with Crippen LogP contribution in [-0.4, -0.2) is 42.8 Å². The lowest BCUT2D eigenvalue weighted by atomic mass is 10.1. The number of halogens is 1. The maximum absolute atomic E-state index is 12.7. The van der Waals surface area contributed by atoms with Gasteiger partial charge in [-0.05, 0) is 49.2 Å². The lowest BCUT2D eigenvalue weighted by molar-refractivity contribution is -0.114. The van der Waals surface area contributed by atoms with E-state index in [-0.39, 0.29) is 29.2 Å². The van der Waals surface area contributed by atoms with Crippen molar-refractivity contribution in [3.05, 3.63) is 58.1 Å². The van der Waals surface area contributed by atoms with Gasteiger partial charge in [0.1, 0.15) is 0 Å². The summed E-state index contributed by atoms with van der Waals surface area (Å²) in [6, 6.07) is 10.9. The van der Waals surface area contributed by atoms with E-state index in [1.807, 2.05) is 0 Å². The molecule has 0 saturated carbocycles. The lowest BCUT2D eigenvalue weighted by Gasteiger charge is -2.12. The van der Waals surface area contributed by atoms with E-state index in [2.05, 4.69) is 31.9 Å². The summed E-state index contributed by atoms with van der Waals surface area (Å²) in [5.74, 6) is -2.36. The summed E-state index contributed by atoms with van der Waals surface area (Å²) >= 11 is 3.26. The number of hydrogen-bond donors (Lipinski definition) is 3. The van der Waals surface area contributed by atoms with E-state index in [0.29, 0.717) is 28.9 Å². The van der Waals surface area contributed by atoms with E-state index in [4.69, 9.17) is 4.74 Å². The van der Waals surface area contributed by atoms with Crippen LogP contribution in [0.25, 0.3) is 0 Å². The number of rotatable bonds is 7. The predicted octanol–water partition coefficient (Wildman–Crippen LogP) is 3.14. The summed E-state index contributed by atoms with van der Waals surface area (Å²) in [7, 11) is 0. The lowest BCUT2D eigenvalue weighted by Crippen LogP contribution is -2.31. The van der Waals surface area contributed by atoms with Crippen molar-refractivity contribution in [2.45, 2.75) is 25.9 Å². The van der Waals surface area contributed by atoms with Crippen molar-refractivity contribution >= 4 is 50.8 Å². The molecule has 3 rings (SSSR count). The van der Waals surface area contributed by atoms with Crippen LogP contribution in [0.2, 0.25) is 0 Å². The fraction of sp³-hybridized carbons (Fsp3) is 0.273. The first kappa shape index (κ1) is 22.6. The normalized spacial score (nSPS) is 15.2. The van der Waals surface area contributed by atoms with Gasteiger partial charge in [0.15, 0.2) is 0 Å². The highest BCUT2D eigenvalue weighted by Crippen LogP contribution is 2.22. The smallest absolute Gasteiger partial charge is 0.296 e. The zero-order valence-corrected chi connectivity index (χ0v) is 18.5. The minimum atomic E-state index is -0.887. The largest absolute Gasteiger partial charge is 0.376 e. The number of hydrogen-bond acceptors (Lipinski definition) is 5. The molecule has 0 bridgehead atoms. The van der Waals surface area contributed by atoms with Crippen LogP contribution in [0, 0.1) is 0 Å². The fourth-order valence-electron chi connectivity index (χ4n) is 3.17. The second-order valence-corrected chi connectivity index (χ2v) is 8.00. The van der Waals surface area contributed by atoms with Crippen LogP contribution in [0.15, 0.2) is 46.9 Å². The molecule has 3 amide bonds. The molecule has 31 heavy (non-hydrogen) atoms. The van der Waals surface area contributed by atoms with Gasteiger partial charge < -0.3 is 20.7 Å². The summed E-state index contributed by atoms with van der Waals surface area (Å²) in [6.45, 7) is 2.44. The topological polar surface area (TPSA) is 114 Å². The van der Waals surface area contributed by atoms with Crippen molar-refractivity contribution in [1.29, 1.82) is 0 Å². The highest BCUT2D eigenvalue weighted by Gasteiger charge is 2.21. The van der Waals surface area contributed by atoms with Gasteiger partial charge in [-0.15, -0.1) is 0 Å². The summed E-state index contributed by atoms with van der Waals surface area (Å²) < 4.78 is 6.07. The molecule has 9 heteroatoms. The summed E-state index contributed by atoms with van der Waals surface area (Å²) in [6.07, 6.45) is 1.92. The highest BCUT2D eigenvalue weighted by molar-refractivity contribution is 9.10. The molecule has 0 radical (unpaired) electrons. The van der Waals surface area contributed by atoms with Crippen LogP contribution in [0.1, 0.15) is 40.5 Å². The minimum Gasteiger partial charge on any atom is -0.376 e. The zero-order valence-electron chi connectivity index (χ0n) is 16.9. The first-order chi connectivity index (χ1) is 14.8. The minimum absolute atomic E-state index is 0.0208. The highest BCUT2D eigenvalue weighted by atomic mass is 79.9. The Morgan fingerprint density at radius 3 is 2.61 bits per heavy atom. The van der Waals surface area contributed by atoms with Gasteiger partial charge in [0.25, 0.3) is 17.6 Å². The maximum atomic E-state index is 12.7. The molecule has 1 unspecified atom stereocenters. The van der Waals surface area contributed by atoms with Gasteiger partial charge in [0.05, 0.1) is 17.4 Å². The molecule has 1 aliphatic heterocycles. The molecule has 162 valence electrons. The Labute approximate surface area is 187 Å². The number of ether oxygens (including phenoxy) is 1. The summed E-state index contributed by atoms with van der Waals surface area (Å²) in [5, 5.41) is 7.86. The third kappa shape index (κ3) is 6.22. The first-order valence-electron chi connectivity index (χ1n) is 9.76. The van der Waals surface area contributed by atoms with Gasteiger partial charge in [-0.2, -0.15) is 0 Å². The van der Waals surface area contributed by atoms with Crippen LogP contribution < -0.4 is 16.0 Å². The second kappa shape index (κ2) is 10.3. The molecular formula is C22H22BrN3O5. The number of Topliss-reactive ketones (excluding diaryl/α,β-unsaturated/α-hetero) is 1. The van der Waals surface area contributed by atoms with Crippen LogP contribution in [0.3, 0.4) is 0 Å². The SMILES string of the molecule is CC(=O)Nc1ccc(Br)cc1C(=O)C(=O)Nc1cccc(C(=O)NCC2CCCO2)c1. The molecule has 2 aromatic rings. The Hall–Kier alpha value is -3.04. The molecule has 1 atom stereocenters. The van der Waals surface area contributed by atoms with Crippen molar-refractivity contribution in [2.24, 2.45) is 0 Å². The Balaban J connectivity index is 1.68. The van der Waals surface area contributed by atoms with Gasteiger partial charge in [0, 0.05) is 35.8 Å². The van der Waals surface area contributed by atoms with Crippen molar-refractivity contribution in [3.8, 4) is 0 Å². The fourth-order valence-corrected chi connectivity index (χ4v) is 3.53. The van der Waals surface area contributed by atoms with Crippen molar-refractivity contribution in [2.75, 3.05) is 23.8 Å². The second-order valence-electron chi connectivity index (χ2n) is 7.08. The maximum Gasteiger partial charge on any atom is 0.296 e. The third-order valence-corrected chi connectivity index (χ3v) is 5.13. The number of benzene rings is 2. The zero-order chi connectivity index (χ0) is 22.4. The summed E-state index contributed by atoms with van der Waals surface area (Å²) in [4.78, 5) is 49.0. The summed E-state index contributed by atoms with van der Waals surface area (Å²) in [5.41, 5.74) is 0.939. The van der Waals surface area contributed by atoms with Gasteiger partial charge in [-0.25, -0.2) is 0 Å². The van der Waals surface area contributed by atoms with Crippen LogP contribution >= 0.6 is 15.9 Å². The number of ketones is 1. The molecular weight excluding hydrogens is 466 g/mol. The van der Waals surface area contributed by atoms with E-state index in [1.165, 1.54) is 25.1 Å². The number of amides is 3. The molecule has 0 aliphatic carbocycles. The Morgan fingerprint density at radius 2 is 1.90 bits per heavy atom. The van der Waals surface area contributed by atoms with Gasteiger partial charge in [-0.3, -0.25) is 19.2 Å². The first-order valence-corrected chi connectivity index (χ1v) is 10.6. The number of nitrogens with one attached hydrogen (secondary N) is 3. The van der Waals surface area contributed by atoms with E-state index in [0.717, 1.165) is 12.8 Å². The number of anilines is 2. The quantitative estimate of drug-likeness (QED) is 0.410. The molecule has 1 fully saturated rings. The number of carbonyl (C=O) groups excluding carboxylic acids is 4. The van der Waals surface area contributed by atoms with Crippen molar-refractivity contribution in [3.63, 3.8) is 0 Å². The van der Waals surface area contributed by atoms with Crippen molar-refractivity contribution in [1.82, 2.24) is 5.32 Å². The average Bonchev–Trinajstić information content (AvgIpc) is 3.26. The molecule has 1 heterocycles. The third-order valence-electron chi connectivity index (χ3n) is 4.64.